The maximum absolute atomic E-state index is 6.52. The Labute approximate surface area is 437 Å². The Kier molecular flexibility index (Phi) is 19.6. The van der Waals surface area contributed by atoms with E-state index < -0.39 is 0 Å². The summed E-state index contributed by atoms with van der Waals surface area (Å²) < 4.78 is 51.9. The van der Waals surface area contributed by atoms with Crippen molar-refractivity contribution >= 4 is 0 Å². The van der Waals surface area contributed by atoms with E-state index in [9.17, 15) is 0 Å². The van der Waals surface area contributed by atoms with E-state index in [1.165, 1.54) is 0 Å². The molecule has 2 aromatic rings. The SMILES string of the molecule is CC1(C)CC(OCCCOc2cc(OCCCOC3CC(C)(C)NC(C)(C)C3)cc(-c3cc(OCCCOC4CC(C)(C)NC(C)(C)C4)cc(OCCCOC4CC(C)(C)NC(C)(C)C4)c3)c2)CC(C)(C)N1. The van der Waals surface area contributed by atoms with Crippen molar-refractivity contribution in [3.8, 4) is 34.1 Å². The van der Waals surface area contributed by atoms with Gasteiger partial charge >= 0.3 is 0 Å². The monoisotopic (exact) mass is 1010 g/mol. The van der Waals surface area contributed by atoms with Crippen molar-refractivity contribution in [3.63, 3.8) is 0 Å². The van der Waals surface area contributed by atoms with Gasteiger partial charge in [-0.3, -0.25) is 0 Å². The predicted octanol–water partition coefficient (Wildman–Crippen LogP) is 11.7. The van der Waals surface area contributed by atoms with Crippen LogP contribution in [0.3, 0.4) is 0 Å². The molecular weight excluding hydrogens is 905 g/mol. The van der Waals surface area contributed by atoms with E-state index in [0.29, 0.717) is 52.9 Å². The minimum Gasteiger partial charge on any atom is -0.493 e. The molecule has 0 unspecified atom stereocenters. The third-order valence-electron chi connectivity index (χ3n) is 14.3. The van der Waals surface area contributed by atoms with Crippen LogP contribution in [-0.4, -0.2) is 122 Å². The second-order valence-corrected chi connectivity index (χ2v) is 27.4. The lowest BCUT2D eigenvalue weighted by Crippen LogP contribution is -2.59. The first kappa shape index (κ1) is 58.6. The van der Waals surface area contributed by atoms with Crippen LogP contribution in [-0.2, 0) is 18.9 Å². The molecule has 0 spiro atoms. The molecule has 4 saturated heterocycles. The van der Waals surface area contributed by atoms with Crippen LogP contribution in [0.2, 0.25) is 0 Å². The zero-order chi connectivity index (χ0) is 52.6. The fraction of sp³-hybridized carbons (Fsp3) is 0.800. The van der Waals surface area contributed by atoms with Crippen LogP contribution in [0.5, 0.6) is 23.0 Å². The Hall–Kier alpha value is -2.68. The van der Waals surface area contributed by atoms with Crippen LogP contribution >= 0.6 is 0 Å². The molecule has 4 heterocycles. The van der Waals surface area contributed by atoms with Gasteiger partial charge in [0.2, 0.25) is 0 Å². The van der Waals surface area contributed by atoms with Crippen LogP contribution in [0, 0.1) is 0 Å². The van der Waals surface area contributed by atoms with Gasteiger partial charge in [-0.05, 0) is 198 Å². The minimum absolute atomic E-state index is 0.0348. The van der Waals surface area contributed by atoms with Crippen molar-refractivity contribution in [3.05, 3.63) is 36.4 Å². The van der Waals surface area contributed by atoms with E-state index in [1.807, 2.05) is 12.1 Å². The molecule has 0 aromatic heterocycles. The van der Waals surface area contributed by atoms with Gasteiger partial charge < -0.3 is 59.2 Å². The van der Waals surface area contributed by atoms with Crippen molar-refractivity contribution in [1.82, 2.24) is 21.3 Å². The second kappa shape index (κ2) is 24.1. The fourth-order valence-electron chi connectivity index (χ4n) is 13.2. The van der Waals surface area contributed by atoms with E-state index >= 15 is 0 Å². The first-order valence-corrected chi connectivity index (χ1v) is 27.9. The molecule has 6 rings (SSSR count). The summed E-state index contributed by atoms with van der Waals surface area (Å²) in [7, 11) is 0. The molecule has 0 saturated carbocycles. The summed E-state index contributed by atoms with van der Waals surface area (Å²) in [6.45, 7) is 40.9. The minimum atomic E-state index is 0.0348. The summed E-state index contributed by atoms with van der Waals surface area (Å²) in [5, 5.41) is 15.1. The topological polar surface area (TPSA) is 122 Å². The summed E-state index contributed by atoms with van der Waals surface area (Å²) in [4.78, 5) is 0. The quantitative estimate of drug-likeness (QED) is 0.0709. The summed E-state index contributed by atoms with van der Waals surface area (Å²) in [5.41, 5.74) is 2.20. The third-order valence-corrected chi connectivity index (χ3v) is 14.3. The highest BCUT2D eigenvalue weighted by Gasteiger charge is 2.41. The van der Waals surface area contributed by atoms with E-state index in [1.54, 1.807) is 0 Å². The van der Waals surface area contributed by atoms with Gasteiger partial charge in [0.1, 0.15) is 23.0 Å². The molecule has 72 heavy (non-hydrogen) atoms. The van der Waals surface area contributed by atoms with Crippen molar-refractivity contribution in [2.24, 2.45) is 0 Å². The van der Waals surface area contributed by atoms with E-state index in [0.717, 1.165) is 111 Å². The zero-order valence-electron chi connectivity index (χ0n) is 48.2. The van der Waals surface area contributed by atoms with Gasteiger partial charge in [-0.2, -0.15) is 0 Å². The van der Waals surface area contributed by atoms with Crippen LogP contribution in [0.1, 0.15) is 188 Å². The van der Waals surface area contributed by atoms with Gasteiger partial charge in [0, 0.05) is 82.1 Å². The molecule has 12 nitrogen and oxygen atoms in total. The molecule has 2 aromatic carbocycles. The summed E-state index contributed by atoms with van der Waals surface area (Å²) in [6, 6.07) is 12.4. The summed E-state index contributed by atoms with van der Waals surface area (Å²) in [5.74, 6) is 3.00. The average molecular weight is 1010 g/mol. The van der Waals surface area contributed by atoms with E-state index in [-0.39, 0.29) is 68.7 Å². The first-order chi connectivity index (χ1) is 33.4. The fourth-order valence-corrected chi connectivity index (χ4v) is 13.2. The number of piperidine rings is 4. The molecule has 0 aliphatic carbocycles. The molecule has 4 aliphatic heterocycles. The normalized spacial score (nSPS) is 23.6. The molecule has 0 radical (unpaired) electrons. The van der Waals surface area contributed by atoms with Crippen LogP contribution < -0.4 is 40.2 Å². The summed E-state index contributed by atoms with van der Waals surface area (Å²) in [6.07, 6.45) is 11.9. The standard InChI is InChI=1S/C60H102N4O8/c1-53(2)35-49(36-54(3,4)61-53)69-25-17-21-65-45-29-43(30-46(33-45)66-22-18-26-70-50-37-55(5,6)62-56(7,8)38-50)44-31-47(67-23-19-27-71-51-39-57(9,10)63-58(11,12)40-51)34-48(32-44)68-24-20-28-72-52-41-59(13,14)64-60(15,16)42-52/h29-34,49-52,61-64H,17-28,35-42H2,1-16H3. The number of nitrogens with one attached hydrogen (secondary N) is 4. The molecule has 4 N–H and O–H groups in total. The molecule has 4 fully saturated rings. The lowest BCUT2D eigenvalue weighted by Gasteiger charge is -2.46. The summed E-state index contributed by atoms with van der Waals surface area (Å²) >= 11 is 0. The Morgan fingerprint density at radius 1 is 0.292 bits per heavy atom. The number of benzene rings is 2. The zero-order valence-corrected chi connectivity index (χ0v) is 48.2. The van der Waals surface area contributed by atoms with Crippen molar-refractivity contribution in [2.75, 3.05) is 52.9 Å². The molecule has 0 bridgehead atoms. The lowest BCUT2D eigenvalue weighted by molar-refractivity contribution is -0.0253. The molecule has 4 aliphatic rings. The average Bonchev–Trinajstić information content (AvgIpc) is 3.18. The van der Waals surface area contributed by atoms with E-state index in [2.05, 4.69) is 156 Å². The van der Waals surface area contributed by atoms with Gasteiger partial charge in [-0.25, -0.2) is 0 Å². The highest BCUT2D eigenvalue weighted by Crippen LogP contribution is 2.37. The van der Waals surface area contributed by atoms with Crippen LogP contribution in [0.4, 0.5) is 0 Å². The smallest absolute Gasteiger partial charge is 0.123 e. The van der Waals surface area contributed by atoms with Crippen molar-refractivity contribution in [1.29, 1.82) is 0 Å². The maximum Gasteiger partial charge on any atom is 0.123 e. The lowest BCUT2D eigenvalue weighted by atomic mass is 9.81. The number of ether oxygens (including phenoxy) is 8. The highest BCUT2D eigenvalue weighted by molar-refractivity contribution is 5.70. The Bertz CT molecular complexity index is 1670. The van der Waals surface area contributed by atoms with Crippen LogP contribution in [0.25, 0.3) is 11.1 Å². The molecule has 0 amide bonds. The molecule has 410 valence electrons. The van der Waals surface area contributed by atoms with Gasteiger partial charge in [0.25, 0.3) is 0 Å². The highest BCUT2D eigenvalue weighted by atomic mass is 16.5. The Morgan fingerprint density at radius 2 is 0.472 bits per heavy atom. The number of hydrogen-bond donors (Lipinski definition) is 4. The molecule has 12 heteroatoms. The largest absolute Gasteiger partial charge is 0.493 e. The van der Waals surface area contributed by atoms with Gasteiger partial charge in [-0.1, -0.05) is 0 Å². The Balaban J connectivity index is 1.13. The Morgan fingerprint density at radius 3 is 0.653 bits per heavy atom. The predicted molar refractivity (Wildman–Crippen MR) is 293 cm³/mol. The number of rotatable bonds is 25. The third kappa shape index (κ3) is 20.1. The number of hydrogen-bond acceptors (Lipinski definition) is 12. The van der Waals surface area contributed by atoms with E-state index in [4.69, 9.17) is 37.9 Å². The molecule has 0 atom stereocenters. The van der Waals surface area contributed by atoms with Crippen molar-refractivity contribution in [2.45, 2.75) is 257 Å². The van der Waals surface area contributed by atoms with Gasteiger partial charge in [0.15, 0.2) is 0 Å². The van der Waals surface area contributed by atoms with Crippen LogP contribution in [0.15, 0.2) is 36.4 Å². The molecular formula is C60H102N4O8. The second-order valence-electron chi connectivity index (χ2n) is 27.4. The van der Waals surface area contributed by atoms with Crippen molar-refractivity contribution < 1.29 is 37.9 Å². The van der Waals surface area contributed by atoms with Gasteiger partial charge in [0.05, 0.1) is 77.3 Å². The maximum atomic E-state index is 6.52. The first-order valence-electron chi connectivity index (χ1n) is 27.9. The van der Waals surface area contributed by atoms with Gasteiger partial charge in [-0.15, -0.1) is 0 Å².